The van der Waals surface area contributed by atoms with Gasteiger partial charge in [-0.2, -0.15) is 0 Å². The van der Waals surface area contributed by atoms with Gasteiger partial charge in [-0.3, -0.25) is 25.6 Å². The molecule has 0 aromatic rings. The third kappa shape index (κ3) is 4.76. The maximum atomic E-state index is 10.4. The molecule has 18 heavy (non-hydrogen) atoms. The van der Waals surface area contributed by atoms with E-state index in [2.05, 4.69) is 10.6 Å². The third-order valence-electron chi connectivity index (χ3n) is 1.99. The Bertz CT molecular complexity index is 323. The van der Waals surface area contributed by atoms with Crippen molar-refractivity contribution in [1.82, 2.24) is 26.6 Å². The molecule has 4 amide bonds. The molecular weight excluding hydrogens is 244 g/mol. The Morgan fingerprint density at radius 2 is 1.44 bits per heavy atom. The van der Waals surface area contributed by atoms with Gasteiger partial charge in [-0.1, -0.05) is 0 Å². The topological polar surface area (TPSA) is 172 Å². The molecule has 0 unspecified atom stereocenters. The maximum Gasteiger partial charge on any atom is 0.324 e. The van der Waals surface area contributed by atoms with Crippen LogP contribution >= 0.6 is 0 Å². The zero-order valence-corrected chi connectivity index (χ0v) is 10.2. The van der Waals surface area contributed by atoms with E-state index in [9.17, 15) is 14.4 Å². The second-order valence-corrected chi connectivity index (χ2v) is 3.46. The molecule has 2 aliphatic rings. The van der Waals surface area contributed by atoms with Crippen molar-refractivity contribution in [2.45, 2.75) is 0 Å². The first-order valence-corrected chi connectivity index (χ1v) is 4.54. The van der Waals surface area contributed by atoms with Gasteiger partial charge in [0.2, 0.25) is 11.8 Å². The van der Waals surface area contributed by atoms with Gasteiger partial charge in [0.15, 0.2) is 5.96 Å². The molecule has 2 saturated heterocycles. The fourth-order valence-electron chi connectivity index (χ4n) is 1.10. The number of carbonyl (C=O) groups is 3. The van der Waals surface area contributed by atoms with Gasteiger partial charge in [0.1, 0.15) is 6.54 Å². The minimum absolute atomic E-state index is 0. The quantitative estimate of drug-likeness (QED) is 0.352. The summed E-state index contributed by atoms with van der Waals surface area (Å²) in [7, 11) is 3.26. The molecule has 0 radical (unpaired) electrons. The first kappa shape index (κ1) is 18.2. The second kappa shape index (κ2) is 7.19. The Kier molecular flexibility index (Phi) is 7.26. The minimum atomic E-state index is -0.310. The van der Waals surface area contributed by atoms with Crippen molar-refractivity contribution >= 4 is 23.8 Å². The summed E-state index contributed by atoms with van der Waals surface area (Å²) in [4.78, 5) is 33.9. The average Bonchev–Trinajstić information content (AvgIpc) is 2.58. The molecule has 104 valence electrons. The fourth-order valence-corrected chi connectivity index (χ4v) is 1.10. The van der Waals surface area contributed by atoms with Crippen LogP contribution in [0.1, 0.15) is 0 Å². The molecule has 2 heterocycles. The van der Waals surface area contributed by atoms with Crippen LogP contribution in [0.2, 0.25) is 0 Å². The number of imide groups is 1. The van der Waals surface area contributed by atoms with E-state index in [0.717, 1.165) is 0 Å². The highest BCUT2D eigenvalue weighted by atomic mass is 16.2. The Labute approximate surface area is 104 Å². The van der Waals surface area contributed by atoms with E-state index in [1.807, 2.05) is 0 Å². The molecule has 2 fully saturated rings. The van der Waals surface area contributed by atoms with Crippen LogP contribution in [0.3, 0.4) is 0 Å². The Balaban J connectivity index is 0. The Morgan fingerprint density at radius 1 is 1.00 bits per heavy atom. The second-order valence-electron chi connectivity index (χ2n) is 3.46. The van der Waals surface area contributed by atoms with E-state index < -0.39 is 0 Å². The van der Waals surface area contributed by atoms with Gasteiger partial charge < -0.3 is 21.4 Å². The van der Waals surface area contributed by atoms with Crippen LogP contribution in [0.25, 0.3) is 0 Å². The predicted octanol–water partition coefficient (Wildman–Crippen LogP) is -2.51. The number of likely N-dealkylation sites (N-methyl/N-ethyl adjacent to an activating group) is 2. The first-order chi connectivity index (χ1) is 7.40. The largest absolute Gasteiger partial charge is 0.412 e. The van der Waals surface area contributed by atoms with Crippen LogP contribution < -0.4 is 16.8 Å². The molecular formula is C8H18N6O4. The molecule has 2 aliphatic heterocycles. The van der Waals surface area contributed by atoms with E-state index in [1.165, 1.54) is 4.90 Å². The van der Waals surface area contributed by atoms with Crippen LogP contribution in [0.15, 0.2) is 0 Å². The number of hydrogen-bond acceptors (Lipinski definition) is 5. The van der Waals surface area contributed by atoms with Gasteiger partial charge in [0.25, 0.3) is 0 Å². The lowest BCUT2D eigenvalue weighted by molar-refractivity contribution is -0.119. The first-order valence-electron chi connectivity index (χ1n) is 4.54. The zero-order chi connectivity index (χ0) is 12.3. The highest BCUT2D eigenvalue weighted by molar-refractivity contribution is 6.02. The van der Waals surface area contributed by atoms with Crippen molar-refractivity contribution < 1.29 is 19.9 Å². The van der Waals surface area contributed by atoms with Crippen LogP contribution in [-0.2, 0) is 9.59 Å². The van der Waals surface area contributed by atoms with Gasteiger partial charge in [-0.05, 0) is 0 Å². The number of hydrogen-bond donors (Lipinski definition) is 4. The number of amides is 4. The summed E-state index contributed by atoms with van der Waals surface area (Å²) in [5.41, 5.74) is 0. The van der Waals surface area contributed by atoms with Crippen molar-refractivity contribution in [3.8, 4) is 0 Å². The summed E-state index contributed by atoms with van der Waals surface area (Å²) in [6.07, 6.45) is 0. The van der Waals surface area contributed by atoms with E-state index in [-0.39, 0.29) is 42.0 Å². The van der Waals surface area contributed by atoms with Crippen LogP contribution in [0.5, 0.6) is 0 Å². The molecule has 0 spiro atoms. The van der Waals surface area contributed by atoms with Crippen molar-refractivity contribution in [3.63, 3.8) is 0 Å². The molecule has 0 saturated carbocycles. The normalized spacial score (nSPS) is 17.2. The number of guanidine groups is 1. The molecule has 0 atom stereocenters. The molecule has 0 bridgehead atoms. The highest BCUT2D eigenvalue weighted by Crippen LogP contribution is 1.90. The van der Waals surface area contributed by atoms with Gasteiger partial charge in [0.05, 0.1) is 6.54 Å². The standard InChI is InChI=1S/C4H7N3O.C4H6N2O2.H3N.H2O/c1-7-2-3(8)6-4(7)5;1-6-2-3(7)5-4(6)8;;/h2H2,1H3,(H2,5,6,8);2H2,1H3,(H,5,7,8);1H3;1H2. The van der Waals surface area contributed by atoms with Gasteiger partial charge in [0, 0.05) is 14.1 Å². The third-order valence-corrected chi connectivity index (χ3v) is 1.99. The molecule has 0 aromatic heterocycles. The van der Waals surface area contributed by atoms with Crippen LogP contribution in [0.4, 0.5) is 4.79 Å². The number of carbonyl (C=O) groups excluding carboxylic acids is 3. The monoisotopic (exact) mass is 262 g/mol. The molecule has 2 rings (SSSR count). The van der Waals surface area contributed by atoms with Crippen molar-refractivity contribution in [2.75, 3.05) is 27.2 Å². The highest BCUT2D eigenvalue weighted by Gasteiger charge is 2.22. The predicted molar refractivity (Wildman–Crippen MR) is 63.3 cm³/mol. The van der Waals surface area contributed by atoms with Crippen LogP contribution in [0, 0.1) is 5.41 Å². The Hall–Kier alpha value is -2.20. The van der Waals surface area contributed by atoms with Crippen molar-refractivity contribution in [3.05, 3.63) is 0 Å². The van der Waals surface area contributed by atoms with Gasteiger partial charge in [-0.25, -0.2) is 4.79 Å². The summed E-state index contributed by atoms with van der Waals surface area (Å²) in [6, 6.07) is -0.310. The number of nitrogens with zero attached hydrogens (tertiary/aromatic N) is 2. The smallest absolute Gasteiger partial charge is 0.324 e. The van der Waals surface area contributed by atoms with Gasteiger partial charge in [-0.15, -0.1) is 0 Å². The van der Waals surface area contributed by atoms with Gasteiger partial charge >= 0.3 is 6.03 Å². The summed E-state index contributed by atoms with van der Waals surface area (Å²) >= 11 is 0. The lowest BCUT2D eigenvalue weighted by atomic mass is 10.6. The molecule has 0 aliphatic carbocycles. The molecule has 10 heteroatoms. The summed E-state index contributed by atoms with van der Waals surface area (Å²) in [5.74, 6) is -0.134. The SMILES string of the molecule is CN1CC(=O)NC1=N.CN1CC(=O)NC1=O.N.O. The number of urea groups is 1. The average molecular weight is 262 g/mol. The number of nitrogens with one attached hydrogen (secondary N) is 3. The molecule has 8 N–H and O–H groups in total. The molecule has 0 aromatic carbocycles. The van der Waals surface area contributed by atoms with E-state index in [1.54, 1.807) is 19.0 Å². The maximum absolute atomic E-state index is 10.4. The van der Waals surface area contributed by atoms with Crippen LogP contribution in [-0.4, -0.2) is 66.3 Å². The Morgan fingerprint density at radius 3 is 1.56 bits per heavy atom. The lowest BCUT2D eigenvalue weighted by Crippen LogP contribution is -2.25. The summed E-state index contributed by atoms with van der Waals surface area (Å²) < 4.78 is 0. The lowest BCUT2D eigenvalue weighted by Gasteiger charge is -2.03. The fraction of sp³-hybridized carbons (Fsp3) is 0.500. The molecule has 10 nitrogen and oxygen atoms in total. The van der Waals surface area contributed by atoms with Crippen molar-refractivity contribution in [1.29, 1.82) is 5.41 Å². The van der Waals surface area contributed by atoms with E-state index >= 15 is 0 Å². The summed E-state index contributed by atoms with van der Waals surface area (Å²) in [6.45, 7) is 0.512. The minimum Gasteiger partial charge on any atom is -0.412 e. The zero-order valence-electron chi connectivity index (χ0n) is 10.2. The van der Waals surface area contributed by atoms with Crippen molar-refractivity contribution in [2.24, 2.45) is 0 Å². The number of rotatable bonds is 0. The summed E-state index contributed by atoms with van der Waals surface area (Å²) in [5, 5.41) is 11.4. The van der Waals surface area contributed by atoms with E-state index in [0.29, 0.717) is 6.54 Å². The van der Waals surface area contributed by atoms with E-state index in [4.69, 9.17) is 5.41 Å².